The maximum Gasteiger partial charge on any atom is 0.220 e. The van der Waals surface area contributed by atoms with Crippen molar-refractivity contribution in [2.45, 2.75) is 187 Å². The van der Waals surface area contributed by atoms with E-state index in [2.05, 4.69) is 104 Å². The molecule has 0 aliphatic heterocycles. The lowest BCUT2D eigenvalue weighted by atomic mass is 10.0. The van der Waals surface area contributed by atoms with Crippen molar-refractivity contribution in [2.24, 2.45) is 0 Å². The molecule has 0 aromatic heterocycles. The Morgan fingerprint density at radius 1 is 0.510 bits per heavy atom. The maximum atomic E-state index is 12.3. The summed E-state index contributed by atoms with van der Waals surface area (Å²) >= 11 is 0. The lowest BCUT2D eigenvalue weighted by Gasteiger charge is -2.22. The zero-order chi connectivity index (χ0) is 35.7. The van der Waals surface area contributed by atoms with Crippen LogP contribution in [0.25, 0.3) is 0 Å². The van der Waals surface area contributed by atoms with Crippen molar-refractivity contribution >= 4 is 5.91 Å². The molecule has 0 heterocycles. The number of carbonyl (C=O) groups excluding carboxylic acids is 1. The summed E-state index contributed by atoms with van der Waals surface area (Å²) in [5.41, 5.74) is 0. The standard InChI is InChI=1S/C45H77NO3/c1-3-5-7-9-11-13-14-15-16-17-18-19-20-21-22-23-24-25-26-27-28-29-30-31-32-33-35-37-39-41-45(49)46-43(42-47)44(48)40-38-36-34-12-10-8-6-4-2/h5,7,11,13,15-16,18-19,21-22,24-25,27-28,43-44,47-48H,3-4,6,8-10,12,14,17,20,23,26,29-42H2,1-2H3,(H,46,49)/b7-5-,13-11-,16-15-,19-18-,22-21-,25-24-,28-27-. The van der Waals surface area contributed by atoms with Crippen LogP contribution < -0.4 is 5.32 Å². The van der Waals surface area contributed by atoms with Crippen LogP contribution in [0.3, 0.4) is 0 Å². The molecule has 0 saturated heterocycles. The van der Waals surface area contributed by atoms with E-state index in [1.165, 1.54) is 64.2 Å². The summed E-state index contributed by atoms with van der Waals surface area (Å²) in [6, 6.07) is -0.545. The molecule has 0 rings (SSSR count). The molecule has 0 spiro atoms. The molecular formula is C45H77NO3. The monoisotopic (exact) mass is 680 g/mol. The van der Waals surface area contributed by atoms with Gasteiger partial charge in [0.1, 0.15) is 0 Å². The zero-order valence-electron chi connectivity index (χ0n) is 31.9. The predicted molar refractivity (Wildman–Crippen MR) is 216 cm³/mol. The molecule has 0 aromatic carbocycles. The van der Waals surface area contributed by atoms with Gasteiger partial charge in [0.15, 0.2) is 0 Å². The van der Waals surface area contributed by atoms with E-state index in [0.717, 1.165) is 83.5 Å². The Kier molecular flexibility index (Phi) is 38.0. The summed E-state index contributed by atoms with van der Waals surface area (Å²) in [7, 11) is 0. The Labute approximate surface area is 303 Å². The Morgan fingerprint density at radius 3 is 1.35 bits per heavy atom. The van der Waals surface area contributed by atoms with Gasteiger partial charge < -0.3 is 15.5 Å². The molecule has 0 aliphatic carbocycles. The van der Waals surface area contributed by atoms with Gasteiger partial charge in [-0.05, 0) is 70.6 Å². The average Bonchev–Trinajstić information content (AvgIpc) is 3.10. The number of carbonyl (C=O) groups is 1. The van der Waals surface area contributed by atoms with Crippen LogP contribution in [0.4, 0.5) is 0 Å². The van der Waals surface area contributed by atoms with Gasteiger partial charge in [0, 0.05) is 6.42 Å². The van der Waals surface area contributed by atoms with Gasteiger partial charge in [-0.25, -0.2) is 0 Å². The van der Waals surface area contributed by atoms with E-state index in [9.17, 15) is 15.0 Å². The zero-order valence-corrected chi connectivity index (χ0v) is 31.9. The Balaban J connectivity index is 3.62. The molecule has 0 aromatic rings. The minimum Gasteiger partial charge on any atom is -0.394 e. The molecule has 49 heavy (non-hydrogen) atoms. The summed E-state index contributed by atoms with van der Waals surface area (Å²) in [5.74, 6) is -0.0511. The maximum absolute atomic E-state index is 12.3. The fourth-order valence-electron chi connectivity index (χ4n) is 5.57. The highest BCUT2D eigenvalue weighted by Gasteiger charge is 2.19. The number of amides is 1. The smallest absolute Gasteiger partial charge is 0.220 e. The Hall–Kier alpha value is -2.43. The van der Waals surface area contributed by atoms with Crippen LogP contribution in [-0.2, 0) is 4.79 Å². The highest BCUT2D eigenvalue weighted by Crippen LogP contribution is 2.13. The van der Waals surface area contributed by atoms with E-state index in [1.807, 2.05) is 0 Å². The third-order valence-corrected chi connectivity index (χ3v) is 8.67. The Bertz CT molecular complexity index is 910. The van der Waals surface area contributed by atoms with Crippen LogP contribution in [0.2, 0.25) is 0 Å². The number of aliphatic hydroxyl groups excluding tert-OH is 2. The quantitative estimate of drug-likeness (QED) is 0.0461. The lowest BCUT2D eigenvalue weighted by molar-refractivity contribution is -0.123. The van der Waals surface area contributed by atoms with E-state index >= 15 is 0 Å². The minimum absolute atomic E-state index is 0.0511. The highest BCUT2D eigenvalue weighted by molar-refractivity contribution is 5.76. The van der Waals surface area contributed by atoms with Crippen molar-refractivity contribution in [3.05, 3.63) is 85.1 Å². The van der Waals surface area contributed by atoms with Gasteiger partial charge in [-0.3, -0.25) is 4.79 Å². The first-order chi connectivity index (χ1) is 24.2. The summed E-state index contributed by atoms with van der Waals surface area (Å²) < 4.78 is 0. The van der Waals surface area contributed by atoms with E-state index in [0.29, 0.717) is 12.8 Å². The first-order valence-corrected chi connectivity index (χ1v) is 20.3. The lowest BCUT2D eigenvalue weighted by Crippen LogP contribution is -2.45. The van der Waals surface area contributed by atoms with Gasteiger partial charge in [-0.2, -0.15) is 0 Å². The van der Waals surface area contributed by atoms with Crippen molar-refractivity contribution in [3.8, 4) is 0 Å². The average molecular weight is 680 g/mol. The summed E-state index contributed by atoms with van der Waals surface area (Å²) in [5, 5.41) is 22.9. The molecule has 0 aliphatic rings. The molecule has 0 bridgehead atoms. The van der Waals surface area contributed by atoms with Crippen molar-refractivity contribution in [3.63, 3.8) is 0 Å². The van der Waals surface area contributed by atoms with E-state index in [1.54, 1.807) is 0 Å². The molecule has 0 fully saturated rings. The van der Waals surface area contributed by atoms with Gasteiger partial charge in [-0.15, -0.1) is 0 Å². The van der Waals surface area contributed by atoms with Gasteiger partial charge in [0.25, 0.3) is 0 Å². The molecule has 1 amide bonds. The third-order valence-electron chi connectivity index (χ3n) is 8.67. The van der Waals surface area contributed by atoms with Gasteiger partial charge in [0.2, 0.25) is 5.91 Å². The highest BCUT2D eigenvalue weighted by atomic mass is 16.3. The minimum atomic E-state index is -0.666. The third kappa shape index (κ3) is 36.7. The van der Waals surface area contributed by atoms with Crippen molar-refractivity contribution < 1.29 is 15.0 Å². The second-order valence-electron chi connectivity index (χ2n) is 13.3. The van der Waals surface area contributed by atoms with Crippen LogP contribution in [-0.4, -0.2) is 34.9 Å². The largest absolute Gasteiger partial charge is 0.394 e. The van der Waals surface area contributed by atoms with Crippen LogP contribution in [0.1, 0.15) is 174 Å². The first kappa shape index (κ1) is 46.6. The van der Waals surface area contributed by atoms with Crippen LogP contribution in [0.15, 0.2) is 85.1 Å². The SMILES string of the molecule is CC/C=C\C/C=C\C/C=C\C/C=C\C/C=C\C/C=C\C/C=C\CCCCCCCCCC(=O)NC(CO)C(O)CCCCCCCCCC. The molecule has 2 atom stereocenters. The van der Waals surface area contributed by atoms with Crippen LogP contribution in [0, 0.1) is 0 Å². The number of nitrogens with one attached hydrogen (secondary N) is 1. The fraction of sp³-hybridized carbons (Fsp3) is 0.667. The molecular weight excluding hydrogens is 602 g/mol. The van der Waals surface area contributed by atoms with Crippen LogP contribution in [0.5, 0.6) is 0 Å². The van der Waals surface area contributed by atoms with Gasteiger partial charge in [0.05, 0.1) is 18.8 Å². The van der Waals surface area contributed by atoms with Crippen LogP contribution >= 0.6 is 0 Å². The van der Waals surface area contributed by atoms with Crippen molar-refractivity contribution in [1.29, 1.82) is 0 Å². The summed E-state index contributed by atoms with van der Waals surface area (Å²) in [6.07, 6.45) is 58.0. The number of hydrogen-bond donors (Lipinski definition) is 3. The number of unbranched alkanes of at least 4 members (excludes halogenated alkanes) is 14. The number of aliphatic hydroxyl groups is 2. The van der Waals surface area contributed by atoms with Crippen molar-refractivity contribution in [2.75, 3.05) is 6.61 Å². The first-order valence-electron chi connectivity index (χ1n) is 20.3. The van der Waals surface area contributed by atoms with Gasteiger partial charge in [-0.1, -0.05) is 182 Å². The number of rotatable bonds is 35. The number of hydrogen-bond acceptors (Lipinski definition) is 3. The molecule has 0 saturated carbocycles. The van der Waals surface area contributed by atoms with E-state index in [4.69, 9.17) is 0 Å². The fourth-order valence-corrected chi connectivity index (χ4v) is 5.57. The molecule has 3 N–H and O–H groups in total. The van der Waals surface area contributed by atoms with Crippen molar-refractivity contribution in [1.82, 2.24) is 5.32 Å². The number of allylic oxidation sites excluding steroid dienone is 14. The second-order valence-corrected chi connectivity index (χ2v) is 13.3. The van der Waals surface area contributed by atoms with Gasteiger partial charge >= 0.3 is 0 Å². The second kappa shape index (κ2) is 40.0. The normalized spacial score (nSPS) is 14.0. The summed E-state index contributed by atoms with van der Waals surface area (Å²) in [6.45, 7) is 4.19. The van der Waals surface area contributed by atoms with E-state index in [-0.39, 0.29) is 12.5 Å². The summed E-state index contributed by atoms with van der Waals surface area (Å²) in [4.78, 5) is 12.3. The molecule has 4 nitrogen and oxygen atoms in total. The molecule has 4 heteroatoms. The van der Waals surface area contributed by atoms with E-state index < -0.39 is 12.1 Å². The Morgan fingerprint density at radius 2 is 0.898 bits per heavy atom. The molecule has 2 unspecified atom stereocenters. The topological polar surface area (TPSA) is 69.6 Å². The molecule has 280 valence electrons. The molecule has 0 radical (unpaired) electrons. The predicted octanol–water partition coefficient (Wildman–Crippen LogP) is 12.5.